The van der Waals surface area contributed by atoms with Gasteiger partial charge in [0, 0.05) is 6.07 Å². The fraction of sp³-hybridized carbons (Fsp3) is 0.417. The maximum Gasteiger partial charge on any atom is 0.313 e. The predicted molar refractivity (Wildman–Crippen MR) is 60.7 cm³/mol. The number of carboxylic acids is 1. The van der Waals surface area contributed by atoms with Crippen LogP contribution in [0, 0.1) is 11.6 Å². The predicted octanol–water partition coefficient (Wildman–Crippen LogP) is 2.69. The summed E-state index contributed by atoms with van der Waals surface area (Å²) in [5, 5.41) is 9.22. The monoisotopic (exact) mass is 243 g/mol. The lowest BCUT2D eigenvalue weighted by molar-refractivity contribution is -0.143. The molecule has 0 heterocycles. The summed E-state index contributed by atoms with van der Waals surface area (Å²) < 4.78 is 26.5. The molecule has 0 aliphatic carbocycles. The average Bonchev–Trinajstić information content (AvgIpc) is 2.23. The Bertz CT molecular complexity index is 448. The summed E-state index contributed by atoms with van der Waals surface area (Å²) in [7, 11) is 0. The molecule has 5 heteroatoms. The number of hydrogen-bond acceptors (Lipinski definition) is 2. The molecule has 0 saturated carbocycles. The fourth-order valence-electron chi connectivity index (χ4n) is 1.90. The summed E-state index contributed by atoms with van der Waals surface area (Å²) >= 11 is 0. The van der Waals surface area contributed by atoms with Crippen molar-refractivity contribution >= 4 is 11.7 Å². The smallest absolute Gasteiger partial charge is 0.313 e. The molecular formula is C12H15F2NO2. The third-order valence-electron chi connectivity index (χ3n) is 2.91. The van der Waals surface area contributed by atoms with Crippen LogP contribution >= 0.6 is 0 Å². The first kappa shape index (κ1) is 13.4. The number of rotatable bonds is 4. The average molecular weight is 243 g/mol. The molecule has 0 aliphatic rings. The molecule has 0 aliphatic heterocycles. The van der Waals surface area contributed by atoms with E-state index >= 15 is 0 Å². The number of aliphatic carboxylic acids is 1. The highest BCUT2D eigenvalue weighted by Crippen LogP contribution is 2.35. The number of benzene rings is 1. The molecule has 1 aromatic rings. The summed E-state index contributed by atoms with van der Waals surface area (Å²) in [4.78, 5) is 11.3. The Morgan fingerprint density at radius 2 is 2.06 bits per heavy atom. The number of carbonyl (C=O) groups is 1. The molecule has 0 amide bonds. The summed E-state index contributed by atoms with van der Waals surface area (Å²) in [6.45, 7) is 3.22. The zero-order chi connectivity index (χ0) is 13.2. The number of nitrogen functional groups attached to an aromatic ring is 1. The van der Waals surface area contributed by atoms with E-state index in [0.29, 0.717) is 12.5 Å². The molecule has 17 heavy (non-hydrogen) atoms. The van der Waals surface area contributed by atoms with Crippen molar-refractivity contribution in [1.82, 2.24) is 0 Å². The number of anilines is 1. The van der Waals surface area contributed by atoms with Gasteiger partial charge in [-0.05, 0) is 25.0 Å². The van der Waals surface area contributed by atoms with E-state index in [2.05, 4.69) is 0 Å². The highest BCUT2D eigenvalue weighted by molar-refractivity contribution is 5.83. The molecule has 1 rings (SSSR count). The summed E-state index contributed by atoms with van der Waals surface area (Å²) in [6.07, 6.45) is 0.829. The minimum Gasteiger partial charge on any atom is -0.481 e. The van der Waals surface area contributed by atoms with Crippen molar-refractivity contribution in [3.05, 3.63) is 29.3 Å². The van der Waals surface area contributed by atoms with Gasteiger partial charge in [0.1, 0.15) is 11.6 Å². The van der Waals surface area contributed by atoms with Crippen LogP contribution in [0.5, 0.6) is 0 Å². The van der Waals surface area contributed by atoms with Gasteiger partial charge in [-0.1, -0.05) is 13.3 Å². The SMILES string of the molecule is CCCC(C)(C(=O)O)c1cc(F)cc(F)c1N. The van der Waals surface area contributed by atoms with Gasteiger partial charge >= 0.3 is 5.97 Å². The zero-order valence-corrected chi connectivity index (χ0v) is 9.76. The molecule has 3 N–H and O–H groups in total. The van der Waals surface area contributed by atoms with Gasteiger partial charge in [0.15, 0.2) is 0 Å². The van der Waals surface area contributed by atoms with E-state index in [0.717, 1.165) is 6.07 Å². The van der Waals surface area contributed by atoms with Crippen LogP contribution in [0.2, 0.25) is 0 Å². The third-order valence-corrected chi connectivity index (χ3v) is 2.91. The Balaban J connectivity index is 3.43. The first-order chi connectivity index (χ1) is 7.82. The van der Waals surface area contributed by atoms with E-state index in [1.807, 2.05) is 0 Å². The van der Waals surface area contributed by atoms with E-state index in [4.69, 9.17) is 5.73 Å². The Labute approximate surface area is 98.2 Å². The van der Waals surface area contributed by atoms with Crippen molar-refractivity contribution in [2.45, 2.75) is 32.1 Å². The Morgan fingerprint density at radius 3 is 2.53 bits per heavy atom. The van der Waals surface area contributed by atoms with Gasteiger partial charge in [-0.3, -0.25) is 4.79 Å². The lowest BCUT2D eigenvalue weighted by Gasteiger charge is -2.26. The zero-order valence-electron chi connectivity index (χ0n) is 9.76. The Morgan fingerprint density at radius 1 is 1.47 bits per heavy atom. The van der Waals surface area contributed by atoms with Crippen molar-refractivity contribution in [2.75, 3.05) is 5.73 Å². The van der Waals surface area contributed by atoms with Crippen molar-refractivity contribution < 1.29 is 18.7 Å². The van der Waals surface area contributed by atoms with Crippen LogP contribution in [0.15, 0.2) is 12.1 Å². The Kier molecular flexibility index (Phi) is 3.70. The fourth-order valence-corrected chi connectivity index (χ4v) is 1.90. The van der Waals surface area contributed by atoms with Crippen LogP contribution in [0.4, 0.5) is 14.5 Å². The molecule has 0 aromatic heterocycles. The van der Waals surface area contributed by atoms with Crippen LogP contribution in [0.3, 0.4) is 0 Å². The molecule has 0 fully saturated rings. The number of nitrogens with two attached hydrogens (primary N) is 1. The molecule has 0 bridgehead atoms. The van der Waals surface area contributed by atoms with Crippen LogP contribution in [-0.2, 0) is 10.2 Å². The van der Waals surface area contributed by atoms with Crippen molar-refractivity contribution in [2.24, 2.45) is 0 Å². The minimum atomic E-state index is -1.37. The summed E-state index contributed by atoms with van der Waals surface area (Å²) in [5.41, 5.74) is 3.82. The molecule has 1 unspecified atom stereocenters. The van der Waals surface area contributed by atoms with Gasteiger partial charge in [-0.25, -0.2) is 8.78 Å². The standard InChI is InChI=1S/C12H15F2NO2/c1-3-4-12(2,11(16)17)8-5-7(13)6-9(14)10(8)15/h5-6H,3-4,15H2,1-2H3,(H,16,17). The van der Waals surface area contributed by atoms with E-state index in [-0.39, 0.29) is 17.7 Å². The summed E-state index contributed by atoms with van der Waals surface area (Å²) in [6, 6.07) is 1.63. The largest absolute Gasteiger partial charge is 0.481 e. The van der Waals surface area contributed by atoms with E-state index in [1.54, 1.807) is 6.92 Å². The quantitative estimate of drug-likeness (QED) is 0.799. The second kappa shape index (κ2) is 4.69. The summed E-state index contributed by atoms with van der Waals surface area (Å²) in [5.74, 6) is -2.89. The van der Waals surface area contributed by atoms with Crippen LogP contribution < -0.4 is 5.73 Å². The normalized spacial score (nSPS) is 14.4. The highest BCUT2D eigenvalue weighted by Gasteiger charge is 2.37. The number of halogens is 2. The van der Waals surface area contributed by atoms with Crippen molar-refractivity contribution in [1.29, 1.82) is 0 Å². The number of hydrogen-bond donors (Lipinski definition) is 2. The highest BCUT2D eigenvalue weighted by atomic mass is 19.1. The first-order valence-electron chi connectivity index (χ1n) is 5.31. The second-order valence-corrected chi connectivity index (χ2v) is 4.24. The van der Waals surface area contributed by atoms with Crippen LogP contribution in [0.25, 0.3) is 0 Å². The van der Waals surface area contributed by atoms with Gasteiger partial charge in [0.05, 0.1) is 11.1 Å². The topological polar surface area (TPSA) is 63.3 Å². The molecule has 0 radical (unpaired) electrons. The molecule has 3 nitrogen and oxygen atoms in total. The van der Waals surface area contributed by atoms with Crippen molar-refractivity contribution in [3.8, 4) is 0 Å². The van der Waals surface area contributed by atoms with E-state index < -0.39 is 23.0 Å². The van der Waals surface area contributed by atoms with E-state index in [1.165, 1.54) is 6.92 Å². The second-order valence-electron chi connectivity index (χ2n) is 4.24. The maximum absolute atomic E-state index is 13.3. The van der Waals surface area contributed by atoms with E-state index in [9.17, 15) is 18.7 Å². The lowest BCUT2D eigenvalue weighted by atomic mass is 9.78. The molecule has 94 valence electrons. The van der Waals surface area contributed by atoms with Gasteiger partial charge in [-0.2, -0.15) is 0 Å². The van der Waals surface area contributed by atoms with Gasteiger partial charge in [0.2, 0.25) is 0 Å². The van der Waals surface area contributed by atoms with Crippen LogP contribution in [0.1, 0.15) is 32.3 Å². The number of carboxylic acid groups (broad SMARTS) is 1. The van der Waals surface area contributed by atoms with Crippen molar-refractivity contribution in [3.63, 3.8) is 0 Å². The minimum absolute atomic E-state index is 0.00986. The first-order valence-corrected chi connectivity index (χ1v) is 5.31. The molecular weight excluding hydrogens is 228 g/mol. The van der Waals surface area contributed by atoms with Crippen LogP contribution in [-0.4, -0.2) is 11.1 Å². The maximum atomic E-state index is 13.3. The third kappa shape index (κ3) is 2.38. The van der Waals surface area contributed by atoms with Gasteiger partial charge in [0.25, 0.3) is 0 Å². The molecule has 0 saturated heterocycles. The lowest BCUT2D eigenvalue weighted by Crippen LogP contribution is -2.33. The Hall–Kier alpha value is -1.65. The molecule has 0 spiro atoms. The van der Waals surface area contributed by atoms with Gasteiger partial charge in [-0.15, -0.1) is 0 Å². The molecule has 1 atom stereocenters. The molecule has 1 aromatic carbocycles. The van der Waals surface area contributed by atoms with Gasteiger partial charge < -0.3 is 10.8 Å².